The fourth-order valence-electron chi connectivity index (χ4n) is 0.885. The molecule has 1 aliphatic heterocycles. The van der Waals surface area contributed by atoms with Crippen molar-refractivity contribution in [2.45, 2.75) is 32.2 Å². The summed E-state index contributed by atoms with van der Waals surface area (Å²) in [6.07, 6.45) is 3.00. The van der Waals surface area contributed by atoms with Gasteiger partial charge < -0.3 is 10.1 Å². The topological polar surface area (TPSA) is 39.0 Å². The van der Waals surface area contributed by atoms with Crippen LogP contribution in [-0.4, -0.2) is 18.4 Å². The van der Waals surface area contributed by atoms with E-state index in [1.165, 1.54) is 6.42 Å². The predicted molar refractivity (Wildman–Crippen MR) is 36.3 cm³/mol. The van der Waals surface area contributed by atoms with Gasteiger partial charge in [0.1, 0.15) is 5.78 Å². The van der Waals surface area contributed by atoms with E-state index in [4.69, 9.17) is 0 Å². The van der Waals surface area contributed by atoms with Gasteiger partial charge in [0, 0.05) is 19.0 Å². The van der Waals surface area contributed by atoms with Crippen molar-refractivity contribution >= 4 is 5.78 Å². The molecule has 1 rings (SSSR count). The van der Waals surface area contributed by atoms with Crippen LogP contribution in [0.1, 0.15) is 26.2 Å². The predicted octanol–water partition coefficient (Wildman–Crippen LogP) is 0.718. The summed E-state index contributed by atoms with van der Waals surface area (Å²) >= 11 is 0. The number of hydrogen-bond donors (Lipinski definition) is 1. The largest absolute Gasteiger partial charge is 0.311 e. The Morgan fingerprint density at radius 3 is 2.89 bits per heavy atom. The van der Waals surface area contributed by atoms with Crippen molar-refractivity contribution in [1.82, 2.24) is 5.32 Å². The van der Waals surface area contributed by atoms with Gasteiger partial charge in [0.25, 0.3) is 0 Å². The zero-order chi connectivity index (χ0) is 6.69. The van der Waals surface area contributed by atoms with Crippen LogP contribution in [0.25, 0.3) is 0 Å². The Hall–Kier alpha value is -0.370. The third-order valence-electron chi connectivity index (χ3n) is 1.57. The average molecular weight is 127 g/mol. The number of rotatable bonds is 4. The van der Waals surface area contributed by atoms with E-state index >= 15 is 0 Å². The number of hydrogen-bond acceptors (Lipinski definition) is 2. The zero-order valence-corrected chi connectivity index (χ0v) is 5.81. The molecule has 2 heteroatoms. The van der Waals surface area contributed by atoms with Gasteiger partial charge in [0.2, 0.25) is 0 Å². The standard InChI is InChI=1S/C7H13NO/c1-6(9)3-2-4-7-5-8-7/h7-8H,2-5H2,1H3. The monoisotopic (exact) mass is 127 g/mol. The molecule has 1 unspecified atom stereocenters. The first-order valence-corrected chi connectivity index (χ1v) is 3.52. The summed E-state index contributed by atoms with van der Waals surface area (Å²) in [4.78, 5) is 10.4. The van der Waals surface area contributed by atoms with Gasteiger partial charge in [-0.2, -0.15) is 0 Å². The van der Waals surface area contributed by atoms with E-state index in [1.54, 1.807) is 6.92 Å². The average Bonchev–Trinajstić information content (AvgIpc) is 2.48. The molecule has 1 N–H and O–H groups in total. The van der Waals surface area contributed by atoms with Crippen molar-refractivity contribution in [2.24, 2.45) is 0 Å². The van der Waals surface area contributed by atoms with Crippen LogP contribution in [0.15, 0.2) is 0 Å². The highest BCUT2D eigenvalue weighted by atomic mass is 16.1. The second-order valence-corrected chi connectivity index (χ2v) is 2.70. The van der Waals surface area contributed by atoms with Crippen LogP contribution in [0, 0.1) is 0 Å². The molecule has 0 aromatic carbocycles. The molecule has 1 fully saturated rings. The molecule has 1 aliphatic rings. The molecule has 0 spiro atoms. The Balaban J connectivity index is 1.86. The Bertz CT molecular complexity index is 107. The van der Waals surface area contributed by atoms with Crippen molar-refractivity contribution in [3.05, 3.63) is 0 Å². The van der Waals surface area contributed by atoms with E-state index in [1.807, 2.05) is 0 Å². The second kappa shape index (κ2) is 2.97. The maximum absolute atomic E-state index is 10.4. The Labute approximate surface area is 55.6 Å². The molecule has 2 nitrogen and oxygen atoms in total. The fourth-order valence-corrected chi connectivity index (χ4v) is 0.885. The molecule has 1 saturated heterocycles. The van der Waals surface area contributed by atoms with Gasteiger partial charge in [-0.05, 0) is 19.8 Å². The quantitative estimate of drug-likeness (QED) is 0.565. The lowest BCUT2D eigenvalue weighted by Crippen LogP contribution is -1.94. The van der Waals surface area contributed by atoms with Gasteiger partial charge in [-0.3, -0.25) is 0 Å². The molecule has 1 atom stereocenters. The summed E-state index contributed by atoms with van der Waals surface area (Å²) in [5.74, 6) is 0.315. The lowest BCUT2D eigenvalue weighted by molar-refractivity contribution is -0.117. The first-order valence-electron chi connectivity index (χ1n) is 3.52. The summed E-state index contributed by atoms with van der Waals surface area (Å²) in [6, 6.07) is 0.740. The molecule has 9 heavy (non-hydrogen) atoms. The smallest absolute Gasteiger partial charge is 0.129 e. The first kappa shape index (κ1) is 6.75. The molecular formula is C7H13NO. The van der Waals surface area contributed by atoms with Gasteiger partial charge >= 0.3 is 0 Å². The highest BCUT2D eigenvalue weighted by Gasteiger charge is 2.18. The minimum Gasteiger partial charge on any atom is -0.311 e. The minimum atomic E-state index is 0.315. The number of ketones is 1. The van der Waals surface area contributed by atoms with Gasteiger partial charge in [0.05, 0.1) is 0 Å². The zero-order valence-electron chi connectivity index (χ0n) is 5.81. The lowest BCUT2D eigenvalue weighted by Gasteiger charge is -1.91. The van der Waals surface area contributed by atoms with E-state index in [0.29, 0.717) is 5.78 Å². The van der Waals surface area contributed by atoms with Crippen molar-refractivity contribution < 1.29 is 4.79 Å². The number of Topliss-reactive ketones (excluding diaryl/α,β-unsaturated/α-hetero) is 1. The fraction of sp³-hybridized carbons (Fsp3) is 0.857. The van der Waals surface area contributed by atoms with Crippen LogP contribution in [0.4, 0.5) is 0 Å². The van der Waals surface area contributed by atoms with Gasteiger partial charge in [-0.15, -0.1) is 0 Å². The van der Waals surface area contributed by atoms with E-state index < -0.39 is 0 Å². The van der Waals surface area contributed by atoms with Gasteiger partial charge in [0.15, 0.2) is 0 Å². The lowest BCUT2D eigenvalue weighted by atomic mass is 10.1. The van der Waals surface area contributed by atoms with Crippen LogP contribution in [-0.2, 0) is 4.79 Å². The Morgan fingerprint density at radius 2 is 2.44 bits per heavy atom. The van der Waals surface area contributed by atoms with Crippen molar-refractivity contribution in [3.8, 4) is 0 Å². The van der Waals surface area contributed by atoms with Crippen LogP contribution >= 0.6 is 0 Å². The maximum Gasteiger partial charge on any atom is 0.129 e. The first-order chi connectivity index (χ1) is 4.29. The number of carbonyl (C=O) groups excluding carboxylic acids is 1. The summed E-state index contributed by atoms with van der Waals surface area (Å²) < 4.78 is 0. The maximum atomic E-state index is 10.4. The molecule has 1 heterocycles. The molecule has 52 valence electrons. The molecule has 0 radical (unpaired) electrons. The molecule has 0 aromatic heterocycles. The Morgan fingerprint density at radius 1 is 1.78 bits per heavy atom. The van der Waals surface area contributed by atoms with Gasteiger partial charge in [-0.25, -0.2) is 0 Å². The van der Waals surface area contributed by atoms with E-state index in [-0.39, 0.29) is 0 Å². The number of nitrogens with one attached hydrogen (secondary N) is 1. The van der Waals surface area contributed by atoms with E-state index in [2.05, 4.69) is 5.32 Å². The van der Waals surface area contributed by atoms with Crippen LogP contribution < -0.4 is 5.32 Å². The highest BCUT2D eigenvalue weighted by Crippen LogP contribution is 2.07. The third-order valence-corrected chi connectivity index (χ3v) is 1.57. The van der Waals surface area contributed by atoms with Crippen LogP contribution in [0.5, 0.6) is 0 Å². The summed E-state index contributed by atoms with van der Waals surface area (Å²) in [7, 11) is 0. The molecule has 0 aliphatic carbocycles. The molecule has 0 amide bonds. The minimum absolute atomic E-state index is 0.315. The van der Waals surface area contributed by atoms with Crippen molar-refractivity contribution in [2.75, 3.05) is 6.54 Å². The normalized spacial score (nSPS) is 23.9. The summed E-state index contributed by atoms with van der Waals surface area (Å²) in [6.45, 7) is 2.82. The second-order valence-electron chi connectivity index (χ2n) is 2.70. The SMILES string of the molecule is CC(=O)CCCC1CN1. The number of carbonyl (C=O) groups is 1. The van der Waals surface area contributed by atoms with Gasteiger partial charge in [-0.1, -0.05) is 0 Å². The van der Waals surface area contributed by atoms with Crippen LogP contribution in [0.3, 0.4) is 0 Å². The highest BCUT2D eigenvalue weighted by molar-refractivity contribution is 5.75. The molecule has 0 saturated carbocycles. The van der Waals surface area contributed by atoms with E-state index in [9.17, 15) is 4.79 Å². The third kappa shape index (κ3) is 3.25. The van der Waals surface area contributed by atoms with Crippen molar-refractivity contribution in [3.63, 3.8) is 0 Å². The molecule has 0 bridgehead atoms. The molecular weight excluding hydrogens is 114 g/mol. The van der Waals surface area contributed by atoms with Crippen molar-refractivity contribution in [1.29, 1.82) is 0 Å². The summed E-state index contributed by atoms with van der Waals surface area (Å²) in [5.41, 5.74) is 0. The van der Waals surface area contributed by atoms with E-state index in [0.717, 1.165) is 25.4 Å². The summed E-state index contributed by atoms with van der Waals surface area (Å²) in [5, 5.41) is 3.20. The Kier molecular flexibility index (Phi) is 2.22. The molecule has 0 aromatic rings. The van der Waals surface area contributed by atoms with Crippen LogP contribution in [0.2, 0.25) is 0 Å².